The molecule has 130 valence electrons. The van der Waals surface area contributed by atoms with Crippen molar-refractivity contribution in [2.24, 2.45) is 0 Å². The van der Waals surface area contributed by atoms with Crippen molar-refractivity contribution in [2.75, 3.05) is 14.1 Å². The van der Waals surface area contributed by atoms with Crippen LogP contribution in [0.5, 0.6) is 0 Å². The van der Waals surface area contributed by atoms with Gasteiger partial charge in [0.15, 0.2) is 0 Å². The molecule has 0 aliphatic carbocycles. The summed E-state index contributed by atoms with van der Waals surface area (Å²) in [5.41, 5.74) is 0. The lowest BCUT2D eigenvalue weighted by Gasteiger charge is -2.13. The van der Waals surface area contributed by atoms with Gasteiger partial charge in [-0.05, 0) is 30.5 Å². The maximum atomic E-state index is 12.1. The largest absolute Gasteiger partial charge is 0.350 e. The minimum atomic E-state index is -3.49. The van der Waals surface area contributed by atoms with Gasteiger partial charge in [-0.25, -0.2) is 17.7 Å². The van der Waals surface area contributed by atoms with Crippen LogP contribution in [0.1, 0.15) is 11.8 Å². The fourth-order valence-corrected chi connectivity index (χ4v) is 4.07. The van der Waals surface area contributed by atoms with Crippen molar-refractivity contribution < 1.29 is 13.2 Å². The zero-order valence-electron chi connectivity index (χ0n) is 13.6. The lowest BCUT2D eigenvalue weighted by Crippen LogP contribution is -2.30. The number of rotatable bonds is 7. The quantitative estimate of drug-likeness (QED) is 0.739. The van der Waals surface area contributed by atoms with Gasteiger partial charge in [-0.2, -0.15) is 0 Å². The first-order valence-electron chi connectivity index (χ1n) is 7.16. The summed E-state index contributed by atoms with van der Waals surface area (Å²) in [5.74, 6) is -0.0832. The minimum absolute atomic E-state index is 0.0832. The van der Waals surface area contributed by atoms with Crippen LogP contribution in [-0.4, -0.2) is 43.0 Å². The molecule has 0 saturated heterocycles. The van der Waals surface area contributed by atoms with Crippen LogP contribution in [0.2, 0.25) is 0 Å². The first kappa shape index (κ1) is 18.9. The SMILES string of the molecule is CC(Sc1ccc(S(=O)(=O)N(C)C)cn1)C(=O)NCc1cccs1. The Hall–Kier alpha value is -1.42. The normalized spacial score (nSPS) is 13.0. The molecule has 9 heteroatoms. The molecular formula is C15H19N3O3S3. The molecule has 2 rings (SSSR count). The molecule has 24 heavy (non-hydrogen) atoms. The number of aromatic nitrogens is 1. The van der Waals surface area contributed by atoms with Gasteiger partial charge in [0, 0.05) is 25.2 Å². The van der Waals surface area contributed by atoms with E-state index in [-0.39, 0.29) is 16.1 Å². The standard InChI is InChI=1S/C15H19N3O3S3/c1-11(15(19)17-9-12-5-4-8-22-12)23-14-7-6-13(10-16-14)24(20,21)18(2)3/h4-8,10-11H,9H2,1-3H3,(H,17,19). The van der Waals surface area contributed by atoms with Crippen molar-refractivity contribution in [3.8, 4) is 0 Å². The predicted octanol–water partition coefficient (Wildman–Crippen LogP) is 2.19. The van der Waals surface area contributed by atoms with Crippen LogP contribution in [-0.2, 0) is 21.4 Å². The van der Waals surface area contributed by atoms with Crippen molar-refractivity contribution in [1.82, 2.24) is 14.6 Å². The Kier molecular flexibility index (Phi) is 6.39. The summed E-state index contributed by atoms with van der Waals surface area (Å²) in [5, 5.41) is 5.12. The monoisotopic (exact) mass is 385 g/mol. The zero-order chi connectivity index (χ0) is 17.7. The molecule has 0 fully saturated rings. The van der Waals surface area contributed by atoms with Gasteiger partial charge in [-0.15, -0.1) is 11.3 Å². The van der Waals surface area contributed by atoms with Gasteiger partial charge in [0.05, 0.1) is 16.8 Å². The number of nitrogens with zero attached hydrogens (tertiary/aromatic N) is 2. The molecule has 6 nitrogen and oxygen atoms in total. The molecule has 2 aromatic heterocycles. The lowest BCUT2D eigenvalue weighted by molar-refractivity contribution is -0.120. The Balaban J connectivity index is 1.94. The maximum Gasteiger partial charge on any atom is 0.244 e. The van der Waals surface area contributed by atoms with Gasteiger partial charge in [-0.3, -0.25) is 4.79 Å². The summed E-state index contributed by atoms with van der Waals surface area (Å²) in [7, 11) is -0.548. The second-order valence-electron chi connectivity index (χ2n) is 5.18. The molecule has 1 unspecified atom stereocenters. The summed E-state index contributed by atoms with van der Waals surface area (Å²) in [6, 6.07) is 7.02. The maximum absolute atomic E-state index is 12.1. The van der Waals surface area contributed by atoms with Crippen molar-refractivity contribution in [3.63, 3.8) is 0 Å². The molecule has 0 spiro atoms. The number of nitrogens with one attached hydrogen (secondary N) is 1. The van der Waals surface area contributed by atoms with Gasteiger partial charge >= 0.3 is 0 Å². The van der Waals surface area contributed by atoms with E-state index in [1.54, 1.807) is 24.3 Å². The van der Waals surface area contributed by atoms with E-state index in [0.717, 1.165) is 9.18 Å². The van der Waals surface area contributed by atoms with Crippen LogP contribution < -0.4 is 5.32 Å². The van der Waals surface area contributed by atoms with E-state index < -0.39 is 10.0 Å². The van der Waals surface area contributed by atoms with E-state index in [1.165, 1.54) is 38.1 Å². The number of thiophene rings is 1. The highest BCUT2D eigenvalue weighted by molar-refractivity contribution is 8.00. The van der Waals surface area contributed by atoms with Crippen molar-refractivity contribution >= 4 is 39.0 Å². The number of hydrogen-bond donors (Lipinski definition) is 1. The van der Waals surface area contributed by atoms with E-state index in [1.807, 2.05) is 17.5 Å². The second kappa shape index (κ2) is 8.11. The van der Waals surface area contributed by atoms with Gasteiger partial charge in [0.2, 0.25) is 15.9 Å². The topological polar surface area (TPSA) is 79.4 Å². The highest BCUT2D eigenvalue weighted by Gasteiger charge is 2.19. The smallest absolute Gasteiger partial charge is 0.244 e. The third-order valence-corrected chi connectivity index (χ3v) is 6.90. The van der Waals surface area contributed by atoms with E-state index in [2.05, 4.69) is 10.3 Å². The molecule has 1 amide bonds. The van der Waals surface area contributed by atoms with Crippen LogP contribution >= 0.6 is 23.1 Å². The average Bonchev–Trinajstić information content (AvgIpc) is 3.06. The van der Waals surface area contributed by atoms with Crippen molar-refractivity contribution in [2.45, 2.75) is 28.6 Å². The van der Waals surface area contributed by atoms with Gasteiger partial charge in [0.25, 0.3) is 0 Å². The number of pyridine rings is 1. The third kappa shape index (κ3) is 4.79. The molecule has 0 bridgehead atoms. The van der Waals surface area contributed by atoms with Crippen molar-refractivity contribution in [3.05, 3.63) is 40.7 Å². The molecule has 2 heterocycles. The van der Waals surface area contributed by atoms with Gasteiger partial charge in [-0.1, -0.05) is 17.8 Å². The van der Waals surface area contributed by atoms with E-state index in [9.17, 15) is 13.2 Å². The number of hydrogen-bond acceptors (Lipinski definition) is 6. The lowest BCUT2D eigenvalue weighted by atomic mass is 10.4. The molecule has 0 saturated carbocycles. The Labute approximate surface area is 150 Å². The molecule has 1 atom stereocenters. The van der Waals surface area contributed by atoms with Crippen LogP contribution in [0.25, 0.3) is 0 Å². The molecule has 0 aliphatic heterocycles. The van der Waals surface area contributed by atoms with E-state index in [4.69, 9.17) is 0 Å². The van der Waals surface area contributed by atoms with Crippen molar-refractivity contribution in [1.29, 1.82) is 0 Å². The molecule has 0 radical (unpaired) electrons. The third-order valence-electron chi connectivity index (χ3n) is 3.17. The Morgan fingerprint density at radius 1 is 1.38 bits per heavy atom. The van der Waals surface area contributed by atoms with E-state index >= 15 is 0 Å². The minimum Gasteiger partial charge on any atom is -0.350 e. The zero-order valence-corrected chi connectivity index (χ0v) is 16.0. The molecule has 0 aromatic carbocycles. The van der Waals surface area contributed by atoms with Crippen LogP contribution in [0.15, 0.2) is 45.8 Å². The molecule has 2 aromatic rings. The Morgan fingerprint density at radius 2 is 2.12 bits per heavy atom. The van der Waals surface area contributed by atoms with Crippen LogP contribution in [0.4, 0.5) is 0 Å². The molecule has 0 aliphatic rings. The summed E-state index contributed by atoms with van der Waals surface area (Å²) in [6.45, 7) is 2.30. The summed E-state index contributed by atoms with van der Waals surface area (Å²) in [4.78, 5) is 17.5. The number of thioether (sulfide) groups is 1. The first-order valence-corrected chi connectivity index (χ1v) is 10.4. The summed E-state index contributed by atoms with van der Waals surface area (Å²) >= 11 is 2.88. The predicted molar refractivity (Wildman–Crippen MR) is 96.6 cm³/mol. The number of carbonyl (C=O) groups excluding carboxylic acids is 1. The average molecular weight is 386 g/mol. The first-order chi connectivity index (χ1) is 11.3. The molecule has 1 N–H and O–H groups in total. The fraction of sp³-hybridized carbons (Fsp3) is 0.333. The van der Waals surface area contributed by atoms with Gasteiger partial charge < -0.3 is 5.32 Å². The summed E-state index contributed by atoms with van der Waals surface area (Å²) in [6.07, 6.45) is 1.31. The number of amides is 1. The van der Waals surface area contributed by atoms with E-state index in [0.29, 0.717) is 11.6 Å². The highest BCUT2D eigenvalue weighted by atomic mass is 32.2. The highest BCUT2D eigenvalue weighted by Crippen LogP contribution is 2.23. The Morgan fingerprint density at radius 3 is 2.67 bits per heavy atom. The van der Waals surface area contributed by atoms with Crippen LogP contribution in [0.3, 0.4) is 0 Å². The Bertz CT molecular complexity index is 772. The summed E-state index contributed by atoms with van der Waals surface area (Å²) < 4.78 is 25.1. The second-order valence-corrected chi connectivity index (χ2v) is 9.72. The number of sulfonamides is 1. The fourth-order valence-electron chi connectivity index (χ4n) is 1.77. The number of carbonyl (C=O) groups is 1. The van der Waals surface area contributed by atoms with Gasteiger partial charge in [0.1, 0.15) is 4.90 Å². The van der Waals surface area contributed by atoms with Crippen LogP contribution in [0, 0.1) is 0 Å². The molecular weight excluding hydrogens is 366 g/mol.